The number of amidine groups is 1. The highest BCUT2D eigenvalue weighted by atomic mass is 19.4. The summed E-state index contributed by atoms with van der Waals surface area (Å²) in [7, 11) is 0. The van der Waals surface area contributed by atoms with Gasteiger partial charge in [0.25, 0.3) is 0 Å². The highest BCUT2D eigenvalue weighted by Crippen LogP contribution is 2.23. The summed E-state index contributed by atoms with van der Waals surface area (Å²) in [5.41, 5.74) is 6.84. The molecule has 8 nitrogen and oxygen atoms in total. The van der Waals surface area contributed by atoms with Crippen molar-refractivity contribution in [2.75, 3.05) is 23.3 Å². The molecule has 0 saturated carbocycles. The second-order valence-electron chi connectivity index (χ2n) is 8.25. The molecule has 1 saturated heterocycles. The summed E-state index contributed by atoms with van der Waals surface area (Å²) in [5, 5.41) is 9.79. The van der Waals surface area contributed by atoms with Crippen molar-refractivity contribution in [1.29, 1.82) is 5.41 Å². The van der Waals surface area contributed by atoms with Crippen LogP contribution in [0.4, 0.5) is 24.5 Å². The van der Waals surface area contributed by atoms with Gasteiger partial charge in [0, 0.05) is 36.4 Å². The minimum Gasteiger partial charge on any atom is -0.384 e. The second kappa shape index (κ2) is 11.0. The van der Waals surface area contributed by atoms with Gasteiger partial charge < -0.3 is 20.9 Å². The maximum atomic E-state index is 13.1. The molecule has 35 heavy (non-hydrogen) atoms. The zero-order valence-corrected chi connectivity index (χ0v) is 18.9. The van der Waals surface area contributed by atoms with Gasteiger partial charge >= 0.3 is 18.0 Å². The monoisotopic (exact) mass is 489 g/mol. The number of halogens is 3. The van der Waals surface area contributed by atoms with E-state index < -0.39 is 31.1 Å². The number of nitrogens with two attached hydrogens (primary N) is 1. The average Bonchev–Trinajstić information content (AvgIpc) is 3.02. The van der Waals surface area contributed by atoms with Crippen LogP contribution in [0, 0.1) is 5.41 Å². The van der Waals surface area contributed by atoms with E-state index in [1.165, 1.54) is 36.4 Å². The molecule has 4 N–H and O–H groups in total. The van der Waals surface area contributed by atoms with Gasteiger partial charge in [0.05, 0.1) is 0 Å². The Kier molecular flexibility index (Phi) is 8.10. The first-order chi connectivity index (χ1) is 16.5. The van der Waals surface area contributed by atoms with Crippen LogP contribution in [0.5, 0.6) is 0 Å². The molecule has 11 heteroatoms. The molecule has 3 amide bonds. The van der Waals surface area contributed by atoms with Gasteiger partial charge in [0.1, 0.15) is 12.4 Å². The topological polar surface area (TPSA) is 120 Å². The Morgan fingerprint density at radius 3 is 2.46 bits per heavy atom. The number of rotatable bonds is 6. The molecular formula is C24H26F3N5O3. The number of nitrogens with zero attached hydrogens (tertiary/aromatic N) is 2. The lowest BCUT2D eigenvalue weighted by atomic mass is 10.1. The summed E-state index contributed by atoms with van der Waals surface area (Å²) in [6.45, 7) is -1.54. The van der Waals surface area contributed by atoms with Crippen molar-refractivity contribution in [1.82, 2.24) is 4.90 Å². The van der Waals surface area contributed by atoms with Crippen molar-refractivity contribution in [3.05, 3.63) is 59.7 Å². The number of carbonyl (C=O) groups is 3. The van der Waals surface area contributed by atoms with Gasteiger partial charge in [-0.2, -0.15) is 13.2 Å². The van der Waals surface area contributed by atoms with E-state index in [-0.39, 0.29) is 28.6 Å². The normalized spacial score (nSPS) is 14.3. The number of amides is 3. The van der Waals surface area contributed by atoms with Crippen molar-refractivity contribution in [2.24, 2.45) is 5.73 Å². The van der Waals surface area contributed by atoms with Crippen LogP contribution in [0.25, 0.3) is 0 Å². The first kappa shape index (κ1) is 25.7. The summed E-state index contributed by atoms with van der Waals surface area (Å²) in [6.07, 6.45) is -1.60. The molecule has 1 aliphatic rings. The number of hydrogen-bond donors (Lipinski definition) is 3. The number of benzene rings is 2. The Labute approximate surface area is 200 Å². The van der Waals surface area contributed by atoms with E-state index in [4.69, 9.17) is 11.1 Å². The maximum Gasteiger partial charge on any atom is 0.406 e. The van der Waals surface area contributed by atoms with E-state index in [9.17, 15) is 27.6 Å². The highest BCUT2D eigenvalue weighted by molar-refractivity contribution is 6.39. The summed E-state index contributed by atoms with van der Waals surface area (Å²) in [6, 6.07) is 12.1. The fraction of sp³-hybridized carbons (Fsp3) is 0.333. The SMILES string of the molecule is N=C(N)c1cccc(CN(CC(F)(F)F)C(=O)C(=O)Nc2ccc(N3CCCCCC3=O)cc2)c1. The minimum absolute atomic E-state index is 0.00565. The Morgan fingerprint density at radius 2 is 1.80 bits per heavy atom. The number of nitrogens with one attached hydrogen (secondary N) is 2. The fourth-order valence-corrected chi connectivity index (χ4v) is 3.78. The molecule has 0 radical (unpaired) electrons. The van der Waals surface area contributed by atoms with E-state index in [1.54, 1.807) is 17.0 Å². The van der Waals surface area contributed by atoms with Crippen molar-refractivity contribution in [3.63, 3.8) is 0 Å². The van der Waals surface area contributed by atoms with Gasteiger partial charge in [-0.3, -0.25) is 19.8 Å². The Morgan fingerprint density at radius 1 is 1.09 bits per heavy atom. The molecule has 2 aromatic rings. The van der Waals surface area contributed by atoms with Gasteiger partial charge in [0.15, 0.2) is 0 Å². The molecule has 0 aliphatic carbocycles. The van der Waals surface area contributed by atoms with Crippen LogP contribution in [0.1, 0.15) is 36.8 Å². The van der Waals surface area contributed by atoms with E-state index in [2.05, 4.69) is 5.32 Å². The first-order valence-electron chi connectivity index (χ1n) is 11.0. The molecule has 0 atom stereocenters. The fourth-order valence-electron chi connectivity index (χ4n) is 3.78. The molecule has 0 unspecified atom stereocenters. The standard InChI is InChI=1S/C24H26F3N5O3/c25-24(26,27)15-31(14-16-5-4-6-17(13-16)21(28)29)23(35)22(34)30-18-8-10-19(11-9-18)32-12-3-1-2-7-20(32)33/h4-6,8-11,13H,1-3,7,12,14-15H2,(H3,28,29)(H,30,34). The van der Waals surface area contributed by atoms with Gasteiger partial charge in [0.2, 0.25) is 5.91 Å². The maximum absolute atomic E-state index is 13.1. The average molecular weight is 489 g/mol. The predicted octanol–water partition coefficient (Wildman–Crippen LogP) is 3.41. The third-order valence-electron chi connectivity index (χ3n) is 5.47. The van der Waals surface area contributed by atoms with Crippen LogP contribution in [-0.2, 0) is 20.9 Å². The van der Waals surface area contributed by atoms with Crippen LogP contribution in [0.15, 0.2) is 48.5 Å². The highest BCUT2D eigenvalue weighted by Gasteiger charge is 2.35. The molecule has 0 bridgehead atoms. The third kappa shape index (κ3) is 7.29. The molecule has 3 rings (SSSR count). The largest absolute Gasteiger partial charge is 0.406 e. The van der Waals surface area contributed by atoms with Crippen LogP contribution in [-0.4, -0.2) is 47.7 Å². The quantitative estimate of drug-likeness (QED) is 0.327. The summed E-state index contributed by atoms with van der Waals surface area (Å²) in [5.74, 6) is -2.85. The molecule has 0 aromatic heterocycles. The van der Waals surface area contributed by atoms with Crippen molar-refractivity contribution < 1.29 is 27.6 Å². The minimum atomic E-state index is -4.73. The Bertz CT molecular complexity index is 1100. The van der Waals surface area contributed by atoms with Gasteiger partial charge in [-0.15, -0.1) is 0 Å². The Hall–Kier alpha value is -3.89. The molecule has 0 spiro atoms. The molecule has 2 aromatic carbocycles. The lowest BCUT2D eigenvalue weighted by Crippen LogP contribution is -2.44. The van der Waals surface area contributed by atoms with E-state index in [0.29, 0.717) is 23.6 Å². The van der Waals surface area contributed by atoms with Crippen LogP contribution in [0.2, 0.25) is 0 Å². The van der Waals surface area contributed by atoms with Gasteiger partial charge in [-0.1, -0.05) is 24.6 Å². The predicted molar refractivity (Wildman–Crippen MR) is 125 cm³/mol. The lowest BCUT2D eigenvalue weighted by molar-refractivity contribution is -0.164. The van der Waals surface area contributed by atoms with Crippen LogP contribution in [0.3, 0.4) is 0 Å². The smallest absolute Gasteiger partial charge is 0.384 e. The number of carbonyl (C=O) groups excluding carboxylic acids is 3. The van der Waals surface area contributed by atoms with Gasteiger partial charge in [-0.25, -0.2) is 0 Å². The number of alkyl halides is 3. The molecular weight excluding hydrogens is 463 g/mol. The zero-order chi connectivity index (χ0) is 25.6. The van der Waals surface area contributed by atoms with E-state index in [1.807, 2.05) is 0 Å². The van der Waals surface area contributed by atoms with Crippen molar-refractivity contribution >= 4 is 34.9 Å². The number of anilines is 2. The number of hydrogen-bond acceptors (Lipinski definition) is 4. The van der Waals surface area contributed by atoms with Crippen molar-refractivity contribution in [3.8, 4) is 0 Å². The summed E-state index contributed by atoms with van der Waals surface area (Å²) < 4.78 is 39.4. The first-order valence-corrected chi connectivity index (χ1v) is 11.0. The van der Waals surface area contributed by atoms with Crippen LogP contribution >= 0.6 is 0 Å². The van der Waals surface area contributed by atoms with E-state index >= 15 is 0 Å². The van der Waals surface area contributed by atoms with Crippen molar-refractivity contribution in [2.45, 2.75) is 38.4 Å². The molecule has 186 valence electrons. The lowest BCUT2D eigenvalue weighted by Gasteiger charge is -2.24. The third-order valence-corrected chi connectivity index (χ3v) is 5.47. The molecule has 1 aliphatic heterocycles. The summed E-state index contributed by atoms with van der Waals surface area (Å²) >= 11 is 0. The Balaban J connectivity index is 1.72. The van der Waals surface area contributed by atoms with E-state index in [0.717, 1.165) is 19.3 Å². The second-order valence-corrected chi connectivity index (χ2v) is 8.25. The van der Waals surface area contributed by atoms with Crippen LogP contribution < -0.4 is 16.0 Å². The molecule has 1 fully saturated rings. The zero-order valence-electron chi connectivity index (χ0n) is 18.9. The number of nitrogen functional groups attached to an aromatic ring is 1. The molecule has 1 heterocycles. The summed E-state index contributed by atoms with van der Waals surface area (Å²) in [4.78, 5) is 39.4. The van der Waals surface area contributed by atoms with Gasteiger partial charge in [-0.05, 0) is 48.7 Å².